The quantitative estimate of drug-likeness (QED) is 0.861. The third-order valence-corrected chi connectivity index (χ3v) is 5.16. The van der Waals surface area contributed by atoms with Gasteiger partial charge in [0.25, 0.3) is 0 Å². The molecule has 0 bridgehead atoms. The van der Waals surface area contributed by atoms with Crippen LogP contribution in [0.5, 0.6) is 0 Å². The molecular weight excluding hydrogens is 343 g/mol. The molecule has 4 unspecified atom stereocenters. The number of hydrogen-bond acceptors (Lipinski definition) is 2. The van der Waals surface area contributed by atoms with Crippen molar-refractivity contribution in [1.29, 1.82) is 0 Å². The second-order valence-corrected chi connectivity index (χ2v) is 7.04. The van der Waals surface area contributed by atoms with Crippen LogP contribution in [0.15, 0.2) is 18.2 Å². The fraction of sp³-hybridized carbons (Fsp3) is 0.562. The van der Waals surface area contributed by atoms with Gasteiger partial charge in [0, 0.05) is 22.0 Å². The Bertz CT molecular complexity index is 552. The monoisotopic (exact) mass is 362 g/mol. The number of nitrogens with one attached hydrogen (secondary N) is 2. The van der Waals surface area contributed by atoms with E-state index in [4.69, 9.17) is 23.2 Å². The minimum absolute atomic E-state index is 0. The lowest BCUT2D eigenvalue weighted by Crippen LogP contribution is -2.48. The van der Waals surface area contributed by atoms with Crippen molar-refractivity contribution in [2.24, 2.45) is 11.8 Å². The molecule has 1 heterocycles. The Kier molecular flexibility index (Phi) is 6.00. The molecule has 1 aromatic carbocycles. The molecule has 22 heavy (non-hydrogen) atoms. The fourth-order valence-electron chi connectivity index (χ4n) is 3.15. The Labute approximate surface area is 147 Å². The first-order valence-electron chi connectivity index (χ1n) is 7.52. The summed E-state index contributed by atoms with van der Waals surface area (Å²) >= 11 is 12.1. The number of carbonyl (C=O) groups excluding carboxylic acids is 1. The van der Waals surface area contributed by atoms with Gasteiger partial charge in [0.15, 0.2) is 0 Å². The number of rotatable bonds is 3. The van der Waals surface area contributed by atoms with Crippen LogP contribution in [0.2, 0.25) is 10.0 Å². The van der Waals surface area contributed by atoms with Gasteiger partial charge in [-0.3, -0.25) is 4.79 Å². The molecule has 0 aromatic heterocycles. The SMILES string of the molecule is CC1CNCCC1NC(=O)C1CC1c1ccc(Cl)cc1Cl.Cl. The number of halogens is 3. The molecule has 0 spiro atoms. The maximum absolute atomic E-state index is 12.4. The molecule has 2 fully saturated rings. The van der Waals surface area contributed by atoms with Gasteiger partial charge in [-0.15, -0.1) is 12.4 Å². The highest BCUT2D eigenvalue weighted by molar-refractivity contribution is 6.35. The van der Waals surface area contributed by atoms with Gasteiger partial charge < -0.3 is 10.6 Å². The van der Waals surface area contributed by atoms with E-state index < -0.39 is 0 Å². The number of piperidine rings is 1. The Morgan fingerprint density at radius 3 is 2.82 bits per heavy atom. The first kappa shape index (κ1) is 17.9. The van der Waals surface area contributed by atoms with Gasteiger partial charge in [-0.05, 0) is 55.5 Å². The Morgan fingerprint density at radius 2 is 2.14 bits per heavy atom. The highest BCUT2D eigenvalue weighted by Gasteiger charge is 2.45. The first-order chi connectivity index (χ1) is 10.1. The topological polar surface area (TPSA) is 41.1 Å². The summed E-state index contributed by atoms with van der Waals surface area (Å²) in [6, 6.07) is 5.82. The minimum atomic E-state index is 0. The van der Waals surface area contributed by atoms with Crippen LogP contribution >= 0.6 is 35.6 Å². The van der Waals surface area contributed by atoms with Crippen molar-refractivity contribution < 1.29 is 4.79 Å². The summed E-state index contributed by atoms with van der Waals surface area (Å²) in [5.74, 6) is 0.960. The number of hydrogen-bond donors (Lipinski definition) is 2. The average Bonchev–Trinajstić information content (AvgIpc) is 3.21. The molecule has 1 aliphatic carbocycles. The van der Waals surface area contributed by atoms with Crippen LogP contribution in [-0.2, 0) is 4.79 Å². The molecule has 1 amide bonds. The van der Waals surface area contributed by atoms with E-state index in [0.29, 0.717) is 22.0 Å². The molecule has 3 rings (SSSR count). The third kappa shape index (κ3) is 3.88. The lowest BCUT2D eigenvalue weighted by molar-refractivity contribution is -0.123. The molecule has 6 heteroatoms. The van der Waals surface area contributed by atoms with Crippen molar-refractivity contribution >= 4 is 41.5 Å². The van der Waals surface area contributed by atoms with E-state index in [2.05, 4.69) is 17.6 Å². The largest absolute Gasteiger partial charge is 0.353 e. The zero-order chi connectivity index (χ0) is 15.0. The van der Waals surface area contributed by atoms with E-state index >= 15 is 0 Å². The van der Waals surface area contributed by atoms with Crippen LogP contribution < -0.4 is 10.6 Å². The van der Waals surface area contributed by atoms with Crippen LogP contribution in [0.25, 0.3) is 0 Å². The van der Waals surface area contributed by atoms with E-state index in [9.17, 15) is 4.79 Å². The zero-order valence-electron chi connectivity index (χ0n) is 12.4. The van der Waals surface area contributed by atoms with Crippen molar-refractivity contribution in [2.45, 2.75) is 31.7 Å². The van der Waals surface area contributed by atoms with Gasteiger partial charge in [0.05, 0.1) is 0 Å². The summed E-state index contributed by atoms with van der Waals surface area (Å²) in [5.41, 5.74) is 1.04. The van der Waals surface area contributed by atoms with Crippen LogP contribution in [0.4, 0.5) is 0 Å². The summed E-state index contributed by atoms with van der Waals surface area (Å²) in [4.78, 5) is 12.4. The standard InChI is InChI=1S/C16H20Cl2N2O.ClH/c1-9-8-19-5-4-15(9)20-16(21)13-7-12(13)11-3-2-10(17)6-14(11)18;/h2-3,6,9,12-13,15,19H,4-5,7-8H2,1H3,(H,20,21);1H. The Hall–Kier alpha value is -0.480. The van der Waals surface area contributed by atoms with Gasteiger partial charge in [-0.2, -0.15) is 0 Å². The molecule has 3 nitrogen and oxygen atoms in total. The smallest absolute Gasteiger partial charge is 0.223 e. The average molecular weight is 364 g/mol. The van der Waals surface area contributed by atoms with Crippen LogP contribution in [0.3, 0.4) is 0 Å². The lowest BCUT2D eigenvalue weighted by Gasteiger charge is -2.30. The van der Waals surface area contributed by atoms with Crippen molar-refractivity contribution in [2.75, 3.05) is 13.1 Å². The van der Waals surface area contributed by atoms with Crippen LogP contribution in [0.1, 0.15) is 31.2 Å². The molecule has 2 aliphatic rings. The molecule has 1 saturated carbocycles. The lowest BCUT2D eigenvalue weighted by atomic mass is 9.95. The highest BCUT2D eigenvalue weighted by Crippen LogP contribution is 2.50. The molecule has 1 aromatic rings. The van der Waals surface area contributed by atoms with Crippen molar-refractivity contribution in [3.05, 3.63) is 33.8 Å². The Morgan fingerprint density at radius 1 is 1.36 bits per heavy atom. The van der Waals surface area contributed by atoms with E-state index in [1.807, 2.05) is 12.1 Å². The molecule has 122 valence electrons. The summed E-state index contributed by atoms with van der Waals surface area (Å²) in [6.45, 7) is 4.13. The Balaban J connectivity index is 0.00000176. The third-order valence-electron chi connectivity index (χ3n) is 4.60. The molecule has 4 atom stereocenters. The van der Waals surface area contributed by atoms with Gasteiger partial charge in [-0.1, -0.05) is 36.2 Å². The predicted octanol–water partition coefficient (Wildman–Crippen LogP) is 3.63. The fourth-order valence-corrected chi connectivity index (χ4v) is 3.70. The van der Waals surface area contributed by atoms with Crippen molar-refractivity contribution in [1.82, 2.24) is 10.6 Å². The molecule has 1 aliphatic heterocycles. The summed E-state index contributed by atoms with van der Waals surface area (Å²) in [7, 11) is 0. The molecule has 0 radical (unpaired) electrons. The van der Waals surface area contributed by atoms with Crippen LogP contribution in [-0.4, -0.2) is 25.0 Å². The first-order valence-corrected chi connectivity index (χ1v) is 8.28. The number of carbonyl (C=O) groups is 1. The van der Waals surface area contributed by atoms with Gasteiger partial charge in [0.2, 0.25) is 5.91 Å². The van der Waals surface area contributed by atoms with E-state index in [0.717, 1.165) is 31.5 Å². The number of benzene rings is 1. The van der Waals surface area contributed by atoms with E-state index in [1.165, 1.54) is 0 Å². The second-order valence-electron chi connectivity index (χ2n) is 6.20. The zero-order valence-corrected chi connectivity index (χ0v) is 14.8. The second kappa shape index (κ2) is 7.39. The maximum Gasteiger partial charge on any atom is 0.223 e. The summed E-state index contributed by atoms with van der Waals surface area (Å²) in [6.07, 6.45) is 1.89. The minimum Gasteiger partial charge on any atom is -0.353 e. The van der Waals surface area contributed by atoms with Gasteiger partial charge >= 0.3 is 0 Å². The highest BCUT2D eigenvalue weighted by atomic mass is 35.5. The van der Waals surface area contributed by atoms with E-state index in [1.54, 1.807) is 6.07 Å². The maximum atomic E-state index is 12.4. The molecule has 2 N–H and O–H groups in total. The van der Waals surface area contributed by atoms with Gasteiger partial charge in [-0.25, -0.2) is 0 Å². The summed E-state index contributed by atoms with van der Waals surface area (Å²) < 4.78 is 0. The van der Waals surface area contributed by atoms with Gasteiger partial charge in [0.1, 0.15) is 0 Å². The number of amides is 1. The van der Waals surface area contributed by atoms with Crippen molar-refractivity contribution in [3.63, 3.8) is 0 Å². The van der Waals surface area contributed by atoms with Crippen LogP contribution in [0, 0.1) is 11.8 Å². The normalized spacial score (nSPS) is 30.3. The predicted molar refractivity (Wildman–Crippen MR) is 93.1 cm³/mol. The molecular formula is C16H21Cl3N2O. The molecule has 1 saturated heterocycles. The summed E-state index contributed by atoms with van der Waals surface area (Å²) in [5, 5.41) is 7.86. The van der Waals surface area contributed by atoms with Crippen molar-refractivity contribution in [3.8, 4) is 0 Å². The van der Waals surface area contributed by atoms with E-state index in [-0.39, 0.29) is 30.2 Å².